The van der Waals surface area contributed by atoms with Crippen LogP contribution < -0.4 is 0 Å². The Morgan fingerprint density at radius 3 is 2.70 bits per heavy atom. The molecule has 5 heteroatoms. The van der Waals surface area contributed by atoms with E-state index in [1.54, 1.807) is 32.9 Å². The molecule has 4 nitrogen and oxygen atoms in total. The molecule has 0 spiro atoms. The Morgan fingerprint density at radius 1 is 1.45 bits per heavy atom. The molecule has 0 bridgehead atoms. The van der Waals surface area contributed by atoms with Crippen molar-refractivity contribution in [1.82, 2.24) is 0 Å². The maximum absolute atomic E-state index is 12.3. The van der Waals surface area contributed by atoms with Crippen LogP contribution in [0.5, 0.6) is 0 Å². The molecule has 1 unspecified atom stereocenters. The monoisotopic (exact) mass is 294 g/mol. The summed E-state index contributed by atoms with van der Waals surface area (Å²) in [6, 6.07) is 3.38. The van der Waals surface area contributed by atoms with E-state index in [0.29, 0.717) is 21.7 Å². The molecule has 0 saturated heterocycles. The summed E-state index contributed by atoms with van der Waals surface area (Å²) in [7, 11) is 0. The Labute approximate surface area is 122 Å². The van der Waals surface area contributed by atoms with Crippen molar-refractivity contribution in [2.75, 3.05) is 6.61 Å². The highest BCUT2D eigenvalue weighted by molar-refractivity contribution is 6.32. The van der Waals surface area contributed by atoms with Gasteiger partial charge in [-0.1, -0.05) is 24.6 Å². The molecule has 0 aliphatic heterocycles. The third-order valence-corrected chi connectivity index (χ3v) is 3.90. The van der Waals surface area contributed by atoms with Crippen LogP contribution in [-0.4, -0.2) is 23.5 Å². The number of esters is 1. The molecule has 1 aromatic rings. The van der Waals surface area contributed by atoms with Gasteiger partial charge >= 0.3 is 5.97 Å². The van der Waals surface area contributed by atoms with Gasteiger partial charge in [0, 0.05) is 16.5 Å². The predicted molar refractivity (Wildman–Crippen MR) is 75.8 cm³/mol. The minimum absolute atomic E-state index is 0.138. The zero-order valence-corrected chi connectivity index (χ0v) is 12.2. The van der Waals surface area contributed by atoms with Crippen LogP contribution in [0.4, 0.5) is 0 Å². The first kappa shape index (κ1) is 14.6. The van der Waals surface area contributed by atoms with E-state index in [2.05, 4.69) is 0 Å². The number of hydrogen-bond donors (Lipinski definition) is 1. The second-order valence-corrected chi connectivity index (χ2v) is 5.07. The molecule has 0 amide bonds. The Bertz CT molecular complexity index is 631. The van der Waals surface area contributed by atoms with Crippen molar-refractivity contribution >= 4 is 29.1 Å². The first-order chi connectivity index (χ1) is 9.40. The average molecular weight is 295 g/mol. The Kier molecular flexibility index (Phi) is 3.86. The summed E-state index contributed by atoms with van der Waals surface area (Å²) in [4.78, 5) is 24.1. The second kappa shape index (κ2) is 5.29. The van der Waals surface area contributed by atoms with Crippen LogP contribution in [-0.2, 0) is 14.3 Å². The summed E-state index contributed by atoms with van der Waals surface area (Å²) < 4.78 is 4.85. The number of ketones is 1. The molecule has 0 radical (unpaired) electrons. The van der Waals surface area contributed by atoms with Crippen LogP contribution in [0.25, 0.3) is 5.76 Å². The summed E-state index contributed by atoms with van der Waals surface area (Å²) in [6.45, 7) is 5.21. The maximum atomic E-state index is 12.3. The fraction of sp³-hybridized carbons (Fsp3) is 0.333. The third-order valence-electron chi connectivity index (χ3n) is 3.49. The lowest BCUT2D eigenvalue weighted by molar-refractivity contribution is -0.140. The topological polar surface area (TPSA) is 63.6 Å². The van der Waals surface area contributed by atoms with Gasteiger partial charge in [-0.3, -0.25) is 4.79 Å². The molecule has 1 aliphatic carbocycles. The molecule has 106 valence electrons. The standard InChI is InChI=1S/C15H15ClO4/c1-4-20-15(19)12-13(17)7(2)9-5-6-10(16)8(3)11(9)14(12)18/h5-7,18H,4H2,1-3H3. The fourth-order valence-corrected chi connectivity index (χ4v) is 2.54. The Morgan fingerprint density at radius 2 is 2.10 bits per heavy atom. The quantitative estimate of drug-likeness (QED) is 0.672. The molecule has 1 aromatic carbocycles. The summed E-state index contributed by atoms with van der Waals surface area (Å²) in [5.41, 5.74) is 1.47. The van der Waals surface area contributed by atoms with Gasteiger partial charge in [0.25, 0.3) is 0 Å². The number of aliphatic hydroxyl groups is 1. The highest BCUT2D eigenvalue weighted by Crippen LogP contribution is 2.39. The summed E-state index contributed by atoms with van der Waals surface area (Å²) in [6.07, 6.45) is 0. The van der Waals surface area contributed by atoms with Crippen LogP contribution in [0, 0.1) is 6.92 Å². The van der Waals surface area contributed by atoms with Gasteiger partial charge in [-0.2, -0.15) is 0 Å². The van der Waals surface area contributed by atoms with Crippen molar-refractivity contribution in [2.24, 2.45) is 0 Å². The Balaban J connectivity index is 2.71. The van der Waals surface area contributed by atoms with Gasteiger partial charge in [-0.05, 0) is 31.0 Å². The SMILES string of the molecule is CCOC(=O)C1=C(O)c2c(ccc(Cl)c2C)C(C)C1=O. The summed E-state index contributed by atoms with van der Waals surface area (Å²) in [5.74, 6) is -2.10. The Hall–Kier alpha value is -1.81. The average Bonchev–Trinajstić information content (AvgIpc) is 2.39. The lowest BCUT2D eigenvalue weighted by atomic mass is 9.80. The van der Waals surface area contributed by atoms with E-state index in [1.807, 2.05) is 0 Å². The molecule has 0 fully saturated rings. The van der Waals surface area contributed by atoms with Gasteiger partial charge in [0.1, 0.15) is 11.3 Å². The largest absolute Gasteiger partial charge is 0.506 e. The number of carbonyl (C=O) groups is 2. The smallest absolute Gasteiger partial charge is 0.345 e. The molecule has 0 aromatic heterocycles. The van der Waals surface area contributed by atoms with Crippen molar-refractivity contribution in [1.29, 1.82) is 0 Å². The van der Waals surface area contributed by atoms with E-state index in [1.165, 1.54) is 0 Å². The number of benzene rings is 1. The van der Waals surface area contributed by atoms with Crippen LogP contribution in [0.15, 0.2) is 17.7 Å². The first-order valence-corrected chi connectivity index (χ1v) is 6.71. The van der Waals surface area contributed by atoms with Crippen molar-refractivity contribution in [3.05, 3.63) is 39.4 Å². The number of Topliss-reactive ketones (excluding diaryl/α,β-unsaturated/α-hetero) is 1. The number of halogens is 1. The molecular formula is C15H15ClO4. The normalized spacial score (nSPS) is 18.0. The minimum atomic E-state index is -0.799. The lowest BCUT2D eigenvalue weighted by Gasteiger charge is -2.24. The summed E-state index contributed by atoms with van der Waals surface area (Å²) >= 11 is 6.05. The number of rotatable bonds is 2. The lowest BCUT2D eigenvalue weighted by Crippen LogP contribution is -2.27. The third kappa shape index (κ3) is 2.10. The number of aliphatic hydroxyl groups excluding tert-OH is 1. The highest BCUT2D eigenvalue weighted by atomic mass is 35.5. The van der Waals surface area contributed by atoms with Crippen molar-refractivity contribution in [3.8, 4) is 0 Å². The zero-order valence-electron chi connectivity index (χ0n) is 11.5. The molecular weight excluding hydrogens is 280 g/mol. The summed E-state index contributed by atoms with van der Waals surface area (Å²) in [5, 5.41) is 10.8. The molecule has 1 atom stereocenters. The molecule has 20 heavy (non-hydrogen) atoms. The maximum Gasteiger partial charge on any atom is 0.345 e. The van der Waals surface area contributed by atoms with E-state index in [0.717, 1.165) is 0 Å². The second-order valence-electron chi connectivity index (χ2n) is 4.67. The predicted octanol–water partition coefficient (Wildman–Crippen LogP) is 3.17. The number of hydrogen-bond acceptors (Lipinski definition) is 4. The van der Waals surface area contributed by atoms with Gasteiger partial charge in [0.2, 0.25) is 0 Å². The molecule has 1 aliphatic rings. The van der Waals surface area contributed by atoms with Gasteiger partial charge in [0.15, 0.2) is 5.78 Å². The van der Waals surface area contributed by atoms with Crippen molar-refractivity contribution in [3.63, 3.8) is 0 Å². The zero-order chi connectivity index (χ0) is 15.0. The van der Waals surface area contributed by atoms with E-state index in [9.17, 15) is 14.7 Å². The van der Waals surface area contributed by atoms with Crippen LogP contribution >= 0.6 is 11.6 Å². The van der Waals surface area contributed by atoms with E-state index < -0.39 is 17.7 Å². The van der Waals surface area contributed by atoms with E-state index >= 15 is 0 Å². The fourth-order valence-electron chi connectivity index (χ4n) is 2.38. The number of carbonyl (C=O) groups excluding carboxylic acids is 2. The van der Waals surface area contributed by atoms with Gasteiger partial charge in [-0.15, -0.1) is 0 Å². The molecule has 1 N–H and O–H groups in total. The molecule has 2 rings (SSSR count). The van der Waals surface area contributed by atoms with E-state index in [4.69, 9.17) is 16.3 Å². The van der Waals surface area contributed by atoms with E-state index in [-0.39, 0.29) is 17.9 Å². The van der Waals surface area contributed by atoms with Crippen LogP contribution in [0.2, 0.25) is 5.02 Å². The number of fused-ring (bicyclic) bond motifs is 1. The molecule has 0 heterocycles. The first-order valence-electron chi connectivity index (χ1n) is 6.34. The molecule has 0 saturated carbocycles. The van der Waals surface area contributed by atoms with Gasteiger partial charge in [-0.25, -0.2) is 4.79 Å². The van der Waals surface area contributed by atoms with Crippen LogP contribution in [0.1, 0.15) is 36.5 Å². The van der Waals surface area contributed by atoms with Crippen molar-refractivity contribution < 1.29 is 19.4 Å². The van der Waals surface area contributed by atoms with Crippen molar-refractivity contribution in [2.45, 2.75) is 26.7 Å². The number of ether oxygens (including phenoxy) is 1. The minimum Gasteiger partial charge on any atom is -0.506 e. The van der Waals surface area contributed by atoms with Gasteiger partial charge in [0.05, 0.1) is 6.61 Å². The highest BCUT2D eigenvalue weighted by Gasteiger charge is 2.37. The van der Waals surface area contributed by atoms with Crippen LogP contribution in [0.3, 0.4) is 0 Å². The van der Waals surface area contributed by atoms with Gasteiger partial charge < -0.3 is 9.84 Å².